The van der Waals surface area contributed by atoms with Crippen LogP contribution in [0.5, 0.6) is 0 Å². The summed E-state index contributed by atoms with van der Waals surface area (Å²) in [6.07, 6.45) is 3.44. The highest BCUT2D eigenvalue weighted by Gasteiger charge is 2.16. The van der Waals surface area contributed by atoms with E-state index in [2.05, 4.69) is 24.3 Å². The van der Waals surface area contributed by atoms with Gasteiger partial charge < -0.3 is 15.1 Å². The first kappa shape index (κ1) is 15.8. The number of nitrogens with one attached hydrogen (secondary N) is 1. The number of piperidine rings is 1. The Balaban J connectivity index is 2.10. The molecule has 1 saturated heterocycles. The molecule has 5 heteroatoms. The summed E-state index contributed by atoms with van der Waals surface area (Å²) in [5.41, 5.74) is 0. The van der Waals surface area contributed by atoms with E-state index in [0.717, 1.165) is 32.6 Å². The van der Waals surface area contributed by atoms with E-state index in [1.807, 2.05) is 23.7 Å². The van der Waals surface area contributed by atoms with Crippen molar-refractivity contribution in [2.45, 2.75) is 24.5 Å². The molecule has 0 atom stereocenters. The fraction of sp³-hybridized carbons (Fsp3) is 0.923. The van der Waals surface area contributed by atoms with Gasteiger partial charge in [0.15, 0.2) is 0 Å². The molecule has 0 bridgehead atoms. The van der Waals surface area contributed by atoms with E-state index in [1.54, 1.807) is 0 Å². The van der Waals surface area contributed by atoms with Crippen molar-refractivity contribution in [3.8, 4) is 0 Å². The summed E-state index contributed by atoms with van der Waals surface area (Å²) in [5, 5.41) is 4.02. The highest BCUT2D eigenvalue weighted by atomic mass is 32.2. The molecule has 106 valence electrons. The largest absolute Gasteiger partial charge is 0.345 e. The molecule has 0 saturated carbocycles. The first-order valence-corrected chi connectivity index (χ1v) is 7.85. The fourth-order valence-corrected chi connectivity index (χ4v) is 3.18. The van der Waals surface area contributed by atoms with Crippen LogP contribution >= 0.6 is 11.8 Å². The lowest BCUT2D eigenvalue weighted by Gasteiger charge is -2.23. The SMILES string of the molecule is CN(C)CCCN(C)C(=O)CSC1CCNCC1. The first-order valence-electron chi connectivity index (χ1n) is 6.80. The van der Waals surface area contributed by atoms with Crippen molar-refractivity contribution < 1.29 is 4.79 Å². The van der Waals surface area contributed by atoms with Gasteiger partial charge in [-0.25, -0.2) is 0 Å². The zero-order valence-corrected chi connectivity index (χ0v) is 12.8. The van der Waals surface area contributed by atoms with Gasteiger partial charge in [-0.05, 0) is 53.0 Å². The summed E-state index contributed by atoms with van der Waals surface area (Å²) in [6, 6.07) is 0. The summed E-state index contributed by atoms with van der Waals surface area (Å²) < 4.78 is 0. The van der Waals surface area contributed by atoms with Crippen LogP contribution in [0.25, 0.3) is 0 Å². The number of carbonyl (C=O) groups is 1. The minimum Gasteiger partial charge on any atom is -0.345 e. The number of nitrogens with zero attached hydrogens (tertiary/aromatic N) is 2. The molecule has 0 unspecified atom stereocenters. The van der Waals surface area contributed by atoms with Gasteiger partial charge in [0, 0.05) is 18.8 Å². The second kappa shape index (κ2) is 8.77. The van der Waals surface area contributed by atoms with Gasteiger partial charge in [0.25, 0.3) is 0 Å². The number of carbonyl (C=O) groups excluding carboxylic acids is 1. The number of hydrogen-bond acceptors (Lipinski definition) is 4. The zero-order chi connectivity index (χ0) is 13.4. The van der Waals surface area contributed by atoms with Gasteiger partial charge >= 0.3 is 0 Å². The van der Waals surface area contributed by atoms with Crippen LogP contribution in [-0.4, -0.2) is 74.0 Å². The number of amides is 1. The third-order valence-electron chi connectivity index (χ3n) is 3.25. The van der Waals surface area contributed by atoms with E-state index in [0.29, 0.717) is 11.0 Å². The van der Waals surface area contributed by atoms with Gasteiger partial charge in [-0.2, -0.15) is 0 Å². The predicted octanol–water partition coefficient (Wildman–Crippen LogP) is 0.882. The Bertz CT molecular complexity index is 242. The fourth-order valence-electron chi connectivity index (χ4n) is 2.01. The van der Waals surface area contributed by atoms with Crippen LogP contribution in [0.1, 0.15) is 19.3 Å². The maximum atomic E-state index is 11.9. The van der Waals surface area contributed by atoms with Crippen LogP contribution in [0.3, 0.4) is 0 Å². The second-order valence-corrected chi connectivity index (χ2v) is 6.52. The van der Waals surface area contributed by atoms with Gasteiger partial charge in [-0.3, -0.25) is 4.79 Å². The van der Waals surface area contributed by atoms with E-state index >= 15 is 0 Å². The van der Waals surface area contributed by atoms with Gasteiger partial charge in [-0.15, -0.1) is 11.8 Å². The van der Waals surface area contributed by atoms with E-state index in [4.69, 9.17) is 0 Å². The Morgan fingerprint density at radius 1 is 1.22 bits per heavy atom. The van der Waals surface area contributed by atoms with Gasteiger partial charge in [-0.1, -0.05) is 0 Å². The minimum absolute atomic E-state index is 0.275. The van der Waals surface area contributed by atoms with Crippen LogP contribution in [0.4, 0.5) is 0 Å². The van der Waals surface area contributed by atoms with Crippen LogP contribution in [0, 0.1) is 0 Å². The quantitative estimate of drug-likeness (QED) is 0.747. The molecule has 1 fully saturated rings. The smallest absolute Gasteiger partial charge is 0.232 e. The molecule has 1 amide bonds. The minimum atomic E-state index is 0.275. The van der Waals surface area contributed by atoms with Crippen LogP contribution in [0.2, 0.25) is 0 Å². The molecule has 0 aromatic rings. The molecule has 1 heterocycles. The molecule has 0 aromatic carbocycles. The van der Waals surface area contributed by atoms with Crippen molar-refractivity contribution in [1.82, 2.24) is 15.1 Å². The highest BCUT2D eigenvalue weighted by molar-refractivity contribution is 8.00. The van der Waals surface area contributed by atoms with Gasteiger partial charge in [0.1, 0.15) is 0 Å². The van der Waals surface area contributed by atoms with E-state index < -0.39 is 0 Å². The van der Waals surface area contributed by atoms with Crippen molar-refractivity contribution in [2.75, 3.05) is 53.1 Å². The van der Waals surface area contributed by atoms with Crippen LogP contribution in [-0.2, 0) is 4.79 Å². The van der Waals surface area contributed by atoms with Crippen molar-refractivity contribution in [1.29, 1.82) is 0 Å². The molecule has 1 aliphatic rings. The first-order chi connectivity index (χ1) is 8.59. The molecule has 1 aliphatic heterocycles. The molecule has 4 nitrogen and oxygen atoms in total. The molecule has 0 aromatic heterocycles. The Morgan fingerprint density at radius 3 is 2.50 bits per heavy atom. The van der Waals surface area contributed by atoms with E-state index in [1.165, 1.54) is 12.8 Å². The molecule has 1 N–H and O–H groups in total. The lowest BCUT2D eigenvalue weighted by atomic mass is 10.2. The molecule has 0 spiro atoms. The van der Waals surface area contributed by atoms with Crippen molar-refractivity contribution in [2.24, 2.45) is 0 Å². The average molecular weight is 273 g/mol. The highest BCUT2D eigenvalue weighted by Crippen LogP contribution is 2.20. The Labute approximate surface area is 115 Å². The molecular weight excluding hydrogens is 246 g/mol. The topological polar surface area (TPSA) is 35.6 Å². The molecular formula is C13H27N3OS. The van der Waals surface area contributed by atoms with Gasteiger partial charge in [0.2, 0.25) is 5.91 Å². The van der Waals surface area contributed by atoms with Crippen LogP contribution in [0.15, 0.2) is 0 Å². The van der Waals surface area contributed by atoms with Gasteiger partial charge in [0.05, 0.1) is 5.75 Å². The standard InChI is InChI=1S/C13H27N3OS/c1-15(2)9-4-10-16(3)13(17)11-18-12-5-7-14-8-6-12/h12,14H,4-11H2,1-3H3. The maximum absolute atomic E-state index is 11.9. The Kier molecular flexibility index (Phi) is 7.70. The number of thioether (sulfide) groups is 1. The van der Waals surface area contributed by atoms with Crippen molar-refractivity contribution in [3.63, 3.8) is 0 Å². The maximum Gasteiger partial charge on any atom is 0.232 e. The second-order valence-electron chi connectivity index (χ2n) is 5.23. The average Bonchev–Trinajstić information content (AvgIpc) is 2.36. The summed E-state index contributed by atoms with van der Waals surface area (Å²) >= 11 is 1.83. The zero-order valence-electron chi connectivity index (χ0n) is 11.9. The normalized spacial score (nSPS) is 17.1. The predicted molar refractivity (Wildman–Crippen MR) is 79.2 cm³/mol. The summed E-state index contributed by atoms with van der Waals surface area (Å²) in [4.78, 5) is 16.0. The van der Waals surface area contributed by atoms with Crippen molar-refractivity contribution in [3.05, 3.63) is 0 Å². The summed E-state index contributed by atoms with van der Waals surface area (Å²) in [5.74, 6) is 0.917. The Hall–Kier alpha value is -0.260. The molecule has 0 aliphatic carbocycles. The monoisotopic (exact) mass is 273 g/mol. The van der Waals surface area contributed by atoms with Crippen molar-refractivity contribution >= 4 is 17.7 Å². The molecule has 1 rings (SSSR count). The molecule has 18 heavy (non-hydrogen) atoms. The number of rotatable bonds is 7. The molecule has 0 radical (unpaired) electrons. The number of hydrogen-bond donors (Lipinski definition) is 1. The Morgan fingerprint density at radius 2 is 1.89 bits per heavy atom. The third-order valence-corrected chi connectivity index (χ3v) is 4.61. The third kappa shape index (κ3) is 6.61. The van der Waals surface area contributed by atoms with Crippen LogP contribution < -0.4 is 5.32 Å². The van der Waals surface area contributed by atoms with E-state index in [9.17, 15) is 4.79 Å². The van der Waals surface area contributed by atoms with E-state index in [-0.39, 0.29) is 5.91 Å². The summed E-state index contributed by atoms with van der Waals surface area (Å²) in [7, 11) is 6.05. The lowest BCUT2D eigenvalue weighted by Crippen LogP contribution is -2.33. The lowest BCUT2D eigenvalue weighted by molar-refractivity contribution is -0.127. The summed E-state index contributed by atoms with van der Waals surface area (Å²) in [6.45, 7) is 4.11.